The van der Waals surface area contributed by atoms with Crippen molar-refractivity contribution >= 4 is 21.6 Å². The summed E-state index contributed by atoms with van der Waals surface area (Å²) in [5.74, 6) is -0.554. The van der Waals surface area contributed by atoms with Crippen molar-refractivity contribution < 1.29 is 9.31 Å². The van der Waals surface area contributed by atoms with Gasteiger partial charge in [0.25, 0.3) is 11.2 Å². The van der Waals surface area contributed by atoms with Crippen molar-refractivity contribution in [2.24, 2.45) is 0 Å². The summed E-state index contributed by atoms with van der Waals surface area (Å²) < 4.78 is 15.2. The maximum atomic E-state index is 13.8. The maximum Gasteiger partial charge on any atom is 0.287 e. The summed E-state index contributed by atoms with van der Waals surface area (Å²) in [4.78, 5) is 22.0. The molecule has 0 N–H and O–H groups in total. The summed E-state index contributed by atoms with van der Waals surface area (Å²) in [5.41, 5.74) is -1.28. The van der Waals surface area contributed by atoms with Gasteiger partial charge in [0.15, 0.2) is 0 Å². The van der Waals surface area contributed by atoms with Crippen LogP contribution in [-0.2, 0) is 6.54 Å². The number of benzene rings is 1. The number of nitriles is 1. The Kier molecular flexibility index (Phi) is 4.14. The van der Waals surface area contributed by atoms with Crippen LogP contribution in [0.2, 0.25) is 0 Å². The number of nitro groups is 1. The Morgan fingerprint density at radius 3 is 2.71 bits per heavy atom. The Labute approximate surface area is 126 Å². The number of nitrogens with zero attached hydrogens (tertiary/aromatic N) is 3. The molecular formula is C13H7BrFN3O3. The fourth-order valence-electron chi connectivity index (χ4n) is 1.75. The molecule has 1 aromatic carbocycles. The van der Waals surface area contributed by atoms with E-state index in [1.54, 1.807) is 12.1 Å². The van der Waals surface area contributed by atoms with Gasteiger partial charge in [-0.15, -0.1) is 0 Å². The molecule has 0 amide bonds. The lowest BCUT2D eigenvalue weighted by Crippen LogP contribution is -2.23. The van der Waals surface area contributed by atoms with E-state index in [2.05, 4.69) is 15.9 Å². The molecule has 0 saturated carbocycles. The van der Waals surface area contributed by atoms with Gasteiger partial charge in [0.1, 0.15) is 17.4 Å². The van der Waals surface area contributed by atoms with Crippen LogP contribution in [0, 0.1) is 27.3 Å². The average Bonchev–Trinajstić information content (AvgIpc) is 2.43. The van der Waals surface area contributed by atoms with Crippen molar-refractivity contribution in [1.82, 2.24) is 4.57 Å². The molecule has 0 fully saturated rings. The summed E-state index contributed by atoms with van der Waals surface area (Å²) in [6.07, 6.45) is 0.991. The van der Waals surface area contributed by atoms with Gasteiger partial charge in [-0.3, -0.25) is 14.9 Å². The zero-order valence-electron chi connectivity index (χ0n) is 10.4. The van der Waals surface area contributed by atoms with E-state index in [1.165, 1.54) is 12.1 Å². The van der Waals surface area contributed by atoms with Gasteiger partial charge in [-0.05, 0) is 12.1 Å². The summed E-state index contributed by atoms with van der Waals surface area (Å²) in [5, 5.41) is 19.6. The average molecular weight is 352 g/mol. The molecule has 0 saturated heterocycles. The molecule has 6 nitrogen and oxygen atoms in total. The molecule has 0 aliphatic rings. The zero-order chi connectivity index (χ0) is 15.6. The van der Waals surface area contributed by atoms with Crippen LogP contribution in [-0.4, -0.2) is 9.49 Å². The largest absolute Gasteiger partial charge is 0.303 e. The molecule has 0 aliphatic carbocycles. The molecule has 21 heavy (non-hydrogen) atoms. The Morgan fingerprint density at radius 1 is 1.43 bits per heavy atom. The van der Waals surface area contributed by atoms with Crippen LogP contribution in [0.5, 0.6) is 0 Å². The van der Waals surface area contributed by atoms with Gasteiger partial charge in [-0.25, -0.2) is 4.39 Å². The van der Waals surface area contributed by atoms with Crippen molar-refractivity contribution in [2.75, 3.05) is 0 Å². The molecule has 2 aromatic rings. The van der Waals surface area contributed by atoms with Crippen LogP contribution in [0.1, 0.15) is 11.1 Å². The van der Waals surface area contributed by atoms with E-state index >= 15 is 0 Å². The monoisotopic (exact) mass is 351 g/mol. The number of halogens is 2. The van der Waals surface area contributed by atoms with E-state index in [0.717, 1.165) is 16.8 Å². The Morgan fingerprint density at radius 2 is 2.14 bits per heavy atom. The Bertz CT molecular complexity index is 826. The first kappa shape index (κ1) is 14.9. The molecular weight excluding hydrogens is 345 g/mol. The SMILES string of the molecule is N#Cc1cc([N+](=O)[O-])cn(Cc2ccc(Br)cc2F)c1=O. The van der Waals surface area contributed by atoms with E-state index in [9.17, 15) is 19.3 Å². The van der Waals surface area contributed by atoms with Gasteiger partial charge >= 0.3 is 0 Å². The van der Waals surface area contributed by atoms with Crippen LogP contribution >= 0.6 is 15.9 Å². The predicted octanol–water partition coefficient (Wildman–Crippen LogP) is 2.58. The predicted molar refractivity (Wildman–Crippen MR) is 75.3 cm³/mol. The highest BCUT2D eigenvalue weighted by molar-refractivity contribution is 9.10. The number of aromatic nitrogens is 1. The van der Waals surface area contributed by atoms with Crippen LogP contribution in [0.3, 0.4) is 0 Å². The van der Waals surface area contributed by atoms with Gasteiger partial charge in [-0.1, -0.05) is 22.0 Å². The smallest absolute Gasteiger partial charge is 0.287 e. The van der Waals surface area contributed by atoms with Crippen molar-refractivity contribution in [1.29, 1.82) is 5.26 Å². The normalized spacial score (nSPS) is 10.1. The third-order valence-corrected chi connectivity index (χ3v) is 3.25. The first-order valence-corrected chi connectivity index (χ1v) is 6.44. The molecule has 0 bridgehead atoms. The minimum absolute atomic E-state index is 0.185. The number of pyridine rings is 1. The molecule has 0 radical (unpaired) electrons. The number of hydrogen-bond donors (Lipinski definition) is 0. The molecule has 0 atom stereocenters. The summed E-state index contributed by atoms with van der Waals surface area (Å²) >= 11 is 3.11. The van der Waals surface area contributed by atoms with Crippen LogP contribution in [0.15, 0.2) is 39.7 Å². The second-order valence-electron chi connectivity index (χ2n) is 4.15. The zero-order valence-corrected chi connectivity index (χ0v) is 12.0. The van der Waals surface area contributed by atoms with Gasteiger partial charge in [0, 0.05) is 16.1 Å². The fourth-order valence-corrected chi connectivity index (χ4v) is 2.08. The topological polar surface area (TPSA) is 88.9 Å². The first-order valence-electron chi connectivity index (χ1n) is 5.65. The minimum atomic E-state index is -0.714. The third kappa shape index (κ3) is 3.14. The van der Waals surface area contributed by atoms with Gasteiger partial charge in [-0.2, -0.15) is 5.26 Å². The lowest BCUT2D eigenvalue weighted by Gasteiger charge is -2.07. The molecule has 1 aromatic heterocycles. The molecule has 0 unspecified atom stereocenters. The second-order valence-corrected chi connectivity index (χ2v) is 5.07. The highest BCUT2D eigenvalue weighted by atomic mass is 79.9. The van der Waals surface area contributed by atoms with Crippen LogP contribution in [0.25, 0.3) is 0 Å². The van der Waals surface area contributed by atoms with Crippen LogP contribution < -0.4 is 5.56 Å². The van der Waals surface area contributed by atoms with E-state index in [0.29, 0.717) is 4.47 Å². The molecule has 106 valence electrons. The summed E-state index contributed by atoms with van der Waals surface area (Å²) in [6.45, 7) is -0.200. The summed E-state index contributed by atoms with van der Waals surface area (Å²) in [6, 6.07) is 6.77. The Balaban J connectivity index is 2.53. The maximum absolute atomic E-state index is 13.8. The standard InChI is InChI=1S/C13H7BrFN3O3/c14-10-2-1-8(12(15)4-10)6-17-7-11(18(20)21)3-9(5-16)13(17)19/h1-4,7H,6H2. The minimum Gasteiger partial charge on any atom is -0.303 e. The van der Waals surface area contributed by atoms with Crippen molar-refractivity contribution in [3.63, 3.8) is 0 Å². The number of rotatable bonds is 3. The Hall–Kier alpha value is -2.53. The molecule has 0 spiro atoms. The quantitative estimate of drug-likeness (QED) is 0.627. The molecule has 0 aliphatic heterocycles. The lowest BCUT2D eigenvalue weighted by atomic mass is 10.2. The molecule has 2 rings (SSSR count). The van der Waals surface area contributed by atoms with Crippen molar-refractivity contribution in [3.05, 3.63) is 72.3 Å². The highest BCUT2D eigenvalue weighted by Gasteiger charge is 2.15. The molecule has 1 heterocycles. The number of hydrogen-bond acceptors (Lipinski definition) is 4. The van der Waals surface area contributed by atoms with E-state index in [4.69, 9.17) is 5.26 Å². The van der Waals surface area contributed by atoms with Gasteiger partial charge in [0.2, 0.25) is 0 Å². The van der Waals surface area contributed by atoms with Crippen molar-refractivity contribution in [2.45, 2.75) is 6.54 Å². The van der Waals surface area contributed by atoms with Gasteiger partial charge in [0.05, 0.1) is 17.7 Å². The lowest BCUT2D eigenvalue weighted by molar-refractivity contribution is -0.385. The van der Waals surface area contributed by atoms with Gasteiger partial charge < -0.3 is 4.57 Å². The van der Waals surface area contributed by atoms with E-state index < -0.39 is 22.0 Å². The first-order chi connectivity index (χ1) is 9.92. The summed E-state index contributed by atoms with van der Waals surface area (Å²) in [7, 11) is 0. The second kappa shape index (κ2) is 5.85. The highest BCUT2D eigenvalue weighted by Crippen LogP contribution is 2.17. The third-order valence-electron chi connectivity index (χ3n) is 2.76. The fraction of sp³-hybridized carbons (Fsp3) is 0.0769. The van der Waals surface area contributed by atoms with E-state index in [-0.39, 0.29) is 17.7 Å². The van der Waals surface area contributed by atoms with Crippen molar-refractivity contribution in [3.8, 4) is 6.07 Å². The van der Waals surface area contributed by atoms with E-state index in [1.807, 2.05) is 0 Å². The molecule has 8 heteroatoms. The van der Waals surface area contributed by atoms with Crippen LogP contribution in [0.4, 0.5) is 10.1 Å².